The topological polar surface area (TPSA) is 57.4 Å². The smallest absolute Gasteiger partial charge is 0.0524 e. The van der Waals surface area contributed by atoms with Gasteiger partial charge in [0.05, 0.1) is 6.20 Å². The molecular weight excluding hydrogens is 224 g/mol. The highest BCUT2D eigenvalue weighted by Gasteiger charge is 2.14. The third-order valence-corrected chi connectivity index (χ3v) is 2.67. The molecule has 0 fully saturated rings. The van der Waals surface area contributed by atoms with Crippen LogP contribution in [0.15, 0.2) is 24.7 Å². The second-order valence-corrected chi connectivity index (χ2v) is 6.46. The first-order chi connectivity index (χ1) is 8.21. The molecule has 0 bridgehead atoms. The molecule has 18 heavy (non-hydrogen) atoms. The molecular formula is C14H24N4. The van der Waals surface area contributed by atoms with Crippen molar-refractivity contribution in [1.82, 2.24) is 20.4 Å². The van der Waals surface area contributed by atoms with Gasteiger partial charge in [0.15, 0.2) is 0 Å². The zero-order chi connectivity index (χ0) is 13.8. The van der Waals surface area contributed by atoms with E-state index in [1.165, 1.54) is 11.3 Å². The van der Waals surface area contributed by atoms with E-state index in [1.807, 2.05) is 18.5 Å². The van der Waals surface area contributed by atoms with Crippen molar-refractivity contribution in [3.05, 3.63) is 35.9 Å². The van der Waals surface area contributed by atoms with Crippen LogP contribution in [0, 0.1) is 0 Å². The first-order valence-electron chi connectivity index (χ1n) is 6.20. The summed E-state index contributed by atoms with van der Waals surface area (Å²) in [7, 11) is 0. The molecule has 0 aliphatic heterocycles. The van der Waals surface area contributed by atoms with Gasteiger partial charge in [0.2, 0.25) is 0 Å². The van der Waals surface area contributed by atoms with Gasteiger partial charge in [0.25, 0.3) is 0 Å². The summed E-state index contributed by atoms with van der Waals surface area (Å²) in [5, 5.41) is 13.4. The van der Waals surface area contributed by atoms with Gasteiger partial charge in [-0.25, -0.2) is 0 Å². The zero-order valence-electron chi connectivity index (χ0n) is 12.2. The third-order valence-electron chi connectivity index (χ3n) is 2.67. The Labute approximate surface area is 109 Å². The van der Waals surface area contributed by atoms with Gasteiger partial charge in [-0.05, 0) is 17.0 Å². The number of nitrogens with one attached hydrogen (secondary N) is 2. The maximum absolute atomic E-state index is 3.86. The Kier molecular flexibility index (Phi) is 4.33. The van der Waals surface area contributed by atoms with Crippen LogP contribution in [0.3, 0.4) is 0 Å². The number of rotatable bonds is 0. The average Bonchev–Trinajstić information content (AvgIpc) is 2.91. The van der Waals surface area contributed by atoms with E-state index in [1.54, 1.807) is 6.20 Å². The summed E-state index contributed by atoms with van der Waals surface area (Å²) in [4.78, 5) is 0. The van der Waals surface area contributed by atoms with Crippen LogP contribution in [0.4, 0.5) is 0 Å². The minimum absolute atomic E-state index is 0.205. The fraction of sp³-hybridized carbons (Fsp3) is 0.571. The fourth-order valence-electron chi connectivity index (χ4n) is 1.33. The van der Waals surface area contributed by atoms with E-state index < -0.39 is 0 Å². The predicted molar refractivity (Wildman–Crippen MR) is 74.6 cm³/mol. The molecule has 0 saturated carbocycles. The molecule has 2 aromatic rings. The lowest BCUT2D eigenvalue weighted by Gasteiger charge is -2.14. The predicted octanol–water partition coefficient (Wildman–Crippen LogP) is 3.41. The second-order valence-electron chi connectivity index (χ2n) is 6.46. The quantitative estimate of drug-likeness (QED) is 0.750. The molecule has 4 nitrogen and oxygen atoms in total. The van der Waals surface area contributed by atoms with E-state index >= 15 is 0 Å². The largest absolute Gasteiger partial charge is 0.285 e. The average molecular weight is 248 g/mol. The van der Waals surface area contributed by atoms with E-state index in [-0.39, 0.29) is 10.8 Å². The minimum Gasteiger partial charge on any atom is -0.285 e. The Bertz CT molecular complexity index is 383. The number of aromatic nitrogens is 4. The monoisotopic (exact) mass is 248 g/mol. The summed E-state index contributed by atoms with van der Waals surface area (Å²) in [6.45, 7) is 13.0. The van der Waals surface area contributed by atoms with Gasteiger partial charge in [-0.2, -0.15) is 10.2 Å². The van der Waals surface area contributed by atoms with Crippen molar-refractivity contribution in [1.29, 1.82) is 0 Å². The Morgan fingerprint density at radius 2 is 1.61 bits per heavy atom. The summed E-state index contributed by atoms with van der Waals surface area (Å²) in [6, 6.07) is 2.00. The number of H-pyrrole nitrogens is 2. The van der Waals surface area contributed by atoms with Crippen LogP contribution in [0.5, 0.6) is 0 Å². The summed E-state index contributed by atoms with van der Waals surface area (Å²) in [5.41, 5.74) is 2.87. The van der Waals surface area contributed by atoms with Crippen molar-refractivity contribution in [2.24, 2.45) is 0 Å². The van der Waals surface area contributed by atoms with E-state index in [0.29, 0.717) is 0 Å². The van der Waals surface area contributed by atoms with E-state index in [2.05, 4.69) is 61.9 Å². The standard InChI is InChI=1S/2C7H12N2/c1-7(2,3)6-4-8-9-5-6;1-7(2,3)6-4-5-8-9-6/h2*4-5H,1-3H3,(H,8,9). The van der Waals surface area contributed by atoms with Crippen LogP contribution in [-0.4, -0.2) is 20.4 Å². The molecule has 2 aromatic heterocycles. The van der Waals surface area contributed by atoms with Gasteiger partial charge >= 0.3 is 0 Å². The SMILES string of the molecule is CC(C)(C)c1ccn[nH]1.CC(C)(C)c1cn[nH]c1. The minimum atomic E-state index is 0.205. The maximum Gasteiger partial charge on any atom is 0.0524 e. The molecule has 2 heterocycles. The van der Waals surface area contributed by atoms with Crippen LogP contribution in [0.2, 0.25) is 0 Å². The molecule has 100 valence electrons. The van der Waals surface area contributed by atoms with Crippen molar-refractivity contribution < 1.29 is 0 Å². The summed E-state index contributed by atoms with van der Waals surface area (Å²) in [6.07, 6.45) is 5.57. The van der Waals surface area contributed by atoms with Gasteiger partial charge in [-0.3, -0.25) is 10.2 Å². The molecule has 0 atom stereocenters. The van der Waals surface area contributed by atoms with Gasteiger partial charge in [-0.1, -0.05) is 41.5 Å². The lowest BCUT2D eigenvalue weighted by atomic mass is 9.90. The van der Waals surface area contributed by atoms with E-state index in [0.717, 1.165) is 0 Å². The molecule has 0 spiro atoms. The van der Waals surface area contributed by atoms with Crippen molar-refractivity contribution in [2.75, 3.05) is 0 Å². The highest BCUT2D eigenvalue weighted by Crippen LogP contribution is 2.19. The van der Waals surface area contributed by atoms with Crippen molar-refractivity contribution >= 4 is 0 Å². The molecule has 2 N–H and O–H groups in total. The van der Waals surface area contributed by atoms with Crippen LogP contribution >= 0.6 is 0 Å². The van der Waals surface area contributed by atoms with Crippen molar-refractivity contribution in [3.8, 4) is 0 Å². The molecule has 2 rings (SSSR count). The molecule has 0 radical (unpaired) electrons. The molecule has 0 unspecified atom stereocenters. The van der Waals surface area contributed by atoms with Crippen molar-refractivity contribution in [3.63, 3.8) is 0 Å². The van der Waals surface area contributed by atoms with Gasteiger partial charge in [-0.15, -0.1) is 0 Å². The first-order valence-corrected chi connectivity index (χ1v) is 6.20. The van der Waals surface area contributed by atoms with Crippen LogP contribution in [0.25, 0.3) is 0 Å². The highest BCUT2D eigenvalue weighted by atomic mass is 15.1. The van der Waals surface area contributed by atoms with Crippen LogP contribution < -0.4 is 0 Å². The Hall–Kier alpha value is -1.58. The van der Waals surface area contributed by atoms with Crippen molar-refractivity contribution in [2.45, 2.75) is 52.4 Å². The van der Waals surface area contributed by atoms with E-state index in [9.17, 15) is 0 Å². The molecule has 0 saturated heterocycles. The van der Waals surface area contributed by atoms with Gasteiger partial charge in [0.1, 0.15) is 0 Å². The Morgan fingerprint density at radius 3 is 1.83 bits per heavy atom. The molecule has 0 amide bonds. The Balaban J connectivity index is 0.000000180. The zero-order valence-corrected chi connectivity index (χ0v) is 12.2. The highest BCUT2D eigenvalue weighted by molar-refractivity contribution is 5.13. The first kappa shape index (κ1) is 14.5. The lowest BCUT2D eigenvalue weighted by molar-refractivity contribution is 0.567. The Morgan fingerprint density at radius 1 is 0.944 bits per heavy atom. The van der Waals surface area contributed by atoms with E-state index in [4.69, 9.17) is 0 Å². The second kappa shape index (κ2) is 5.38. The number of hydrogen-bond donors (Lipinski definition) is 2. The normalized spacial score (nSPS) is 11.9. The van der Waals surface area contributed by atoms with Crippen LogP contribution in [-0.2, 0) is 10.8 Å². The molecule has 0 aliphatic carbocycles. The summed E-state index contributed by atoms with van der Waals surface area (Å²) < 4.78 is 0. The number of nitrogens with zero attached hydrogens (tertiary/aromatic N) is 2. The number of hydrogen-bond acceptors (Lipinski definition) is 2. The lowest BCUT2D eigenvalue weighted by Crippen LogP contribution is -2.11. The van der Waals surface area contributed by atoms with Gasteiger partial charge in [0, 0.05) is 23.5 Å². The number of aromatic amines is 2. The molecule has 0 aromatic carbocycles. The van der Waals surface area contributed by atoms with Gasteiger partial charge < -0.3 is 0 Å². The molecule has 0 aliphatic rings. The third kappa shape index (κ3) is 4.35. The summed E-state index contributed by atoms with van der Waals surface area (Å²) >= 11 is 0. The fourth-order valence-corrected chi connectivity index (χ4v) is 1.33. The molecule has 4 heteroatoms. The van der Waals surface area contributed by atoms with Crippen LogP contribution in [0.1, 0.15) is 52.8 Å². The maximum atomic E-state index is 3.86. The summed E-state index contributed by atoms with van der Waals surface area (Å²) in [5.74, 6) is 0.